The van der Waals surface area contributed by atoms with Gasteiger partial charge in [0.1, 0.15) is 5.75 Å². The van der Waals surface area contributed by atoms with E-state index in [2.05, 4.69) is 0 Å². The van der Waals surface area contributed by atoms with E-state index in [1.807, 2.05) is 32.9 Å². The van der Waals surface area contributed by atoms with Crippen molar-refractivity contribution in [1.29, 1.82) is 0 Å². The highest BCUT2D eigenvalue weighted by Gasteiger charge is 2.21. The average Bonchev–Trinajstić information content (AvgIpc) is 2.33. The summed E-state index contributed by atoms with van der Waals surface area (Å²) in [7, 11) is 1.60. The van der Waals surface area contributed by atoms with Gasteiger partial charge in [-0.25, -0.2) is 0 Å². The van der Waals surface area contributed by atoms with Crippen molar-refractivity contribution in [2.24, 2.45) is 11.7 Å². The molecule has 1 aromatic rings. The molecule has 0 spiro atoms. The number of carbonyl (C=O) groups is 1. The normalized spacial score (nSPS) is 12.3. The van der Waals surface area contributed by atoms with Gasteiger partial charge >= 0.3 is 0 Å². The highest BCUT2D eigenvalue weighted by molar-refractivity contribution is 6.01. The highest BCUT2D eigenvalue weighted by atomic mass is 16.5. The van der Waals surface area contributed by atoms with Crippen LogP contribution < -0.4 is 10.5 Å². The van der Waals surface area contributed by atoms with Gasteiger partial charge in [0.25, 0.3) is 0 Å². The summed E-state index contributed by atoms with van der Waals surface area (Å²) in [5.74, 6) is 0.642. The van der Waals surface area contributed by atoms with Crippen LogP contribution in [0.1, 0.15) is 34.8 Å². The molecular formula is C14H21NO2. The van der Waals surface area contributed by atoms with Gasteiger partial charge in [-0.1, -0.05) is 13.0 Å². The Balaban J connectivity index is 3.22. The molecule has 3 nitrogen and oxygen atoms in total. The molecule has 0 fully saturated rings. The first kappa shape index (κ1) is 13.7. The van der Waals surface area contributed by atoms with E-state index in [-0.39, 0.29) is 11.7 Å². The second kappa shape index (κ2) is 5.82. The molecule has 3 heteroatoms. The number of ether oxygens (including phenoxy) is 1. The van der Waals surface area contributed by atoms with Crippen molar-refractivity contribution >= 4 is 5.78 Å². The van der Waals surface area contributed by atoms with Gasteiger partial charge in [0.05, 0.1) is 12.7 Å². The van der Waals surface area contributed by atoms with Crippen LogP contribution >= 0.6 is 0 Å². The Morgan fingerprint density at radius 1 is 1.41 bits per heavy atom. The lowest BCUT2D eigenvalue weighted by atomic mass is 9.92. The zero-order valence-corrected chi connectivity index (χ0v) is 11.0. The van der Waals surface area contributed by atoms with Crippen molar-refractivity contribution < 1.29 is 9.53 Å². The molecule has 17 heavy (non-hydrogen) atoms. The van der Waals surface area contributed by atoms with Gasteiger partial charge in [-0.15, -0.1) is 0 Å². The summed E-state index contributed by atoms with van der Waals surface area (Å²) in [6.45, 7) is 6.33. The van der Waals surface area contributed by atoms with Crippen molar-refractivity contribution in [2.45, 2.75) is 27.2 Å². The number of methoxy groups -OCH3 is 1. The maximum Gasteiger partial charge on any atom is 0.170 e. The first-order chi connectivity index (χ1) is 8.06. The standard InChI is InChI=1S/C14H21NO2/c1-5-11(8-15)13(16)12-7-6-9(2)10(3)14(12)17-4/h6-7,11H,5,8,15H2,1-4H3. The zero-order valence-electron chi connectivity index (χ0n) is 11.0. The number of hydrogen-bond donors (Lipinski definition) is 1. The average molecular weight is 235 g/mol. The van der Waals surface area contributed by atoms with Crippen molar-refractivity contribution in [3.05, 3.63) is 28.8 Å². The van der Waals surface area contributed by atoms with Crippen LogP contribution in [0.2, 0.25) is 0 Å². The van der Waals surface area contributed by atoms with Gasteiger partial charge in [0.15, 0.2) is 5.78 Å². The largest absolute Gasteiger partial charge is 0.496 e. The van der Waals surface area contributed by atoms with Crippen molar-refractivity contribution in [1.82, 2.24) is 0 Å². The van der Waals surface area contributed by atoms with Crippen molar-refractivity contribution in [2.75, 3.05) is 13.7 Å². The van der Waals surface area contributed by atoms with Gasteiger partial charge in [-0.3, -0.25) is 4.79 Å². The number of carbonyl (C=O) groups excluding carboxylic acids is 1. The van der Waals surface area contributed by atoms with E-state index in [0.717, 1.165) is 17.5 Å². The van der Waals surface area contributed by atoms with E-state index in [4.69, 9.17) is 10.5 Å². The minimum absolute atomic E-state index is 0.0787. The number of benzene rings is 1. The number of nitrogens with two attached hydrogens (primary N) is 1. The zero-order chi connectivity index (χ0) is 13.0. The maximum absolute atomic E-state index is 12.3. The van der Waals surface area contributed by atoms with E-state index in [1.54, 1.807) is 7.11 Å². The summed E-state index contributed by atoms with van der Waals surface area (Å²) in [5.41, 5.74) is 8.41. The Morgan fingerprint density at radius 2 is 2.06 bits per heavy atom. The Hall–Kier alpha value is -1.35. The molecule has 1 aromatic carbocycles. The molecule has 94 valence electrons. The van der Waals surface area contributed by atoms with Gasteiger partial charge in [0.2, 0.25) is 0 Å². The van der Waals surface area contributed by atoms with Gasteiger partial charge in [-0.2, -0.15) is 0 Å². The van der Waals surface area contributed by atoms with Crippen LogP contribution in [0, 0.1) is 19.8 Å². The molecule has 0 aliphatic rings. The Morgan fingerprint density at radius 3 is 2.53 bits per heavy atom. The van der Waals surface area contributed by atoms with E-state index < -0.39 is 0 Å². The Bertz CT molecular complexity index is 409. The molecule has 0 saturated carbocycles. The van der Waals surface area contributed by atoms with Crippen molar-refractivity contribution in [3.63, 3.8) is 0 Å². The molecule has 0 aromatic heterocycles. The second-order valence-electron chi connectivity index (χ2n) is 4.29. The monoisotopic (exact) mass is 235 g/mol. The summed E-state index contributed by atoms with van der Waals surface area (Å²) in [6.07, 6.45) is 0.755. The first-order valence-electron chi connectivity index (χ1n) is 5.95. The van der Waals surface area contributed by atoms with Crippen LogP contribution in [0.5, 0.6) is 5.75 Å². The lowest BCUT2D eigenvalue weighted by molar-refractivity contribution is 0.0918. The fourth-order valence-electron chi connectivity index (χ4n) is 1.93. The number of aryl methyl sites for hydroxylation is 1. The quantitative estimate of drug-likeness (QED) is 0.798. The third-order valence-corrected chi connectivity index (χ3v) is 3.29. The molecule has 0 aliphatic carbocycles. The van der Waals surface area contributed by atoms with Crippen LogP contribution in [-0.2, 0) is 0 Å². The fraction of sp³-hybridized carbons (Fsp3) is 0.500. The summed E-state index contributed by atoms with van der Waals surface area (Å²) in [6, 6.07) is 3.79. The molecule has 0 bridgehead atoms. The molecular weight excluding hydrogens is 214 g/mol. The van der Waals surface area contributed by atoms with Crippen LogP contribution in [-0.4, -0.2) is 19.4 Å². The number of rotatable bonds is 5. The molecule has 0 amide bonds. The Labute approximate surface area is 103 Å². The molecule has 0 aliphatic heterocycles. The molecule has 0 saturated heterocycles. The number of ketones is 1. The second-order valence-corrected chi connectivity index (χ2v) is 4.29. The molecule has 1 atom stereocenters. The Kier molecular flexibility index (Phi) is 4.70. The summed E-state index contributed by atoms with van der Waals surface area (Å²) >= 11 is 0. The lowest BCUT2D eigenvalue weighted by Gasteiger charge is -2.16. The number of hydrogen-bond acceptors (Lipinski definition) is 3. The maximum atomic E-state index is 12.3. The third-order valence-electron chi connectivity index (χ3n) is 3.29. The molecule has 0 heterocycles. The van der Waals surface area contributed by atoms with Gasteiger partial charge < -0.3 is 10.5 Å². The topological polar surface area (TPSA) is 52.3 Å². The third kappa shape index (κ3) is 2.67. The number of Topliss-reactive ketones (excluding diaryl/α,β-unsaturated/α-hetero) is 1. The van der Waals surface area contributed by atoms with Gasteiger partial charge in [0, 0.05) is 12.5 Å². The minimum atomic E-state index is -0.119. The minimum Gasteiger partial charge on any atom is -0.496 e. The summed E-state index contributed by atoms with van der Waals surface area (Å²) in [5, 5.41) is 0. The highest BCUT2D eigenvalue weighted by Crippen LogP contribution is 2.28. The SMILES string of the molecule is CCC(CN)C(=O)c1ccc(C)c(C)c1OC. The van der Waals surface area contributed by atoms with E-state index in [1.165, 1.54) is 0 Å². The predicted octanol–water partition coefficient (Wildman–Crippen LogP) is 2.48. The van der Waals surface area contributed by atoms with Crippen LogP contribution in [0.15, 0.2) is 12.1 Å². The first-order valence-corrected chi connectivity index (χ1v) is 5.95. The lowest BCUT2D eigenvalue weighted by Crippen LogP contribution is -2.23. The molecule has 0 radical (unpaired) electrons. The van der Waals surface area contributed by atoms with Crippen LogP contribution in [0.3, 0.4) is 0 Å². The fourth-order valence-corrected chi connectivity index (χ4v) is 1.93. The molecule has 1 unspecified atom stereocenters. The van der Waals surface area contributed by atoms with E-state index in [0.29, 0.717) is 17.9 Å². The van der Waals surface area contributed by atoms with Crippen LogP contribution in [0.25, 0.3) is 0 Å². The summed E-state index contributed by atoms with van der Waals surface area (Å²) < 4.78 is 5.36. The molecule has 2 N–H and O–H groups in total. The smallest absolute Gasteiger partial charge is 0.170 e. The van der Waals surface area contributed by atoms with Crippen molar-refractivity contribution in [3.8, 4) is 5.75 Å². The van der Waals surface area contributed by atoms with Crippen LogP contribution in [0.4, 0.5) is 0 Å². The predicted molar refractivity (Wildman–Crippen MR) is 69.6 cm³/mol. The van der Waals surface area contributed by atoms with E-state index >= 15 is 0 Å². The summed E-state index contributed by atoms with van der Waals surface area (Å²) in [4.78, 5) is 12.3. The molecule has 1 rings (SSSR count). The van der Waals surface area contributed by atoms with Gasteiger partial charge in [-0.05, 0) is 37.5 Å². The van der Waals surface area contributed by atoms with E-state index in [9.17, 15) is 4.79 Å².